The van der Waals surface area contributed by atoms with E-state index in [4.69, 9.17) is 0 Å². The van der Waals surface area contributed by atoms with Crippen LogP contribution < -0.4 is 5.32 Å². The highest BCUT2D eigenvalue weighted by molar-refractivity contribution is 5.75. The topological polar surface area (TPSA) is 77.1 Å². The first-order valence-corrected chi connectivity index (χ1v) is 7.17. The van der Waals surface area contributed by atoms with Crippen LogP contribution in [0, 0.1) is 13.8 Å². The predicted octanol–water partition coefficient (Wildman–Crippen LogP) is 1.25. The first-order chi connectivity index (χ1) is 10.6. The molecule has 1 N–H and O–H groups in total. The van der Waals surface area contributed by atoms with E-state index in [1.54, 1.807) is 18.6 Å². The van der Waals surface area contributed by atoms with Crippen LogP contribution in [0.4, 0.5) is 0 Å². The Morgan fingerprint density at radius 2 is 2.18 bits per heavy atom. The Morgan fingerprint density at radius 3 is 2.95 bits per heavy atom. The Hall–Kier alpha value is -2.70. The molecule has 0 aromatic carbocycles. The number of nitrogens with one attached hydrogen (secondary N) is 1. The molecule has 3 aromatic heterocycles. The molecule has 0 bridgehead atoms. The molecule has 22 heavy (non-hydrogen) atoms. The van der Waals surface area contributed by atoms with Crippen molar-refractivity contribution >= 4 is 11.6 Å². The predicted molar refractivity (Wildman–Crippen MR) is 81.2 cm³/mol. The summed E-state index contributed by atoms with van der Waals surface area (Å²) in [7, 11) is 0. The van der Waals surface area contributed by atoms with E-state index in [1.165, 1.54) is 0 Å². The Morgan fingerprint density at radius 1 is 1.32 bits per heavy atom. The number of fused-ring (bicyclic) bond motifs is 1. The maximum absolute atomic E-state index is 12.0. The monoisotopic (exact) mass is 298 g/mol. The number of hydrogen-bond acceptors (Lipinski definition) is 4. The molecule has 7 heteroatoms. The van der Waals surface area contributed by atoms with Gasteiger partial charge in [-0.1, -0.05) is 0 Å². The van der Waals surface area contributed by atoms with Gasteiger partial charge in [-0.05, 0) is 19.9 Å². The van der Waals surface area contributed by atoms with Gasteiger partial charge in [0.2, 0.25) is 5.91 Å². The first kappa shape index (κ1) is 14.2. The number of hydrogen-bond donors (Lipinski definition) is 1. The van der Waals surface area contributed by atoms with Gasteiger partial charge in [0.25, 0.3) is 0 Å². The van der Waals surface area contributed by atoms with Crippen molar-refractivity contribution in [2.75, 3.05) is 0 Å². The van der Waals surface area contributed by atoms with Crippen LogP contribution in [0.25, 0.3) is 5.65 Å². The summed E-state index contributed by atoms with van der Waals surface area (Å²) in [6.07, 6.45) is 7.37. The summed E-state index contributed by atoms with van der Waals surface area (Å²) in [5, 5.41) is 7.26. The standard InChI is InChI=1S/C15H18N6O/c1-11-7-12(2)21(19-11)5-3-15(22)18-9-13-8-17-14-10-16-4-6-20(13)14/h4,6-8,10H,3,5,9H2,1-2H3,(H,18,22). The van der Waals surface area contributed by atoms with Gasteiger partial charge >= 0.3 is 0 Å². The quantitative estimate of drug-likeness (QED) is 0.769. The second-order valence-electron chi connectivity index (χ2n) is 5.23. The average molecular weight is 298 g/mol. The molecule has 0 saturated carbocycles. The summed E-state index contributed by atoms with van der Waals surface area (Å²) in [5.74, 6) is -0.00319. The van der Waals surface area contributed by atoms with Gasteiger partial charge in [-0.25, -0.2) is 4.98 Å². The molecule has 0 unspecified atom stereocenters. The van der Waals surface area contributed by atoms with Crippen LogP contribution in [-0.4, -0.2) is 30.1 Å². The van der Waals surface area contributed by atoms with Crippen LogP contribution in [0.2, 0.25) is 0 Å². The molecule has 0 aliphatic carbocycles. The number of carbonyl (C=O) groups excluding carboxylic acids is 1. The van der Waals surface area contributed by atoms with Crippen molar-refractivity contribution in [3.63, 3.8) is 0 Å². The van der Waals surface area contributed by atoms with Crippen LogP contribution in [-0.2, 0) is 17.9 Å². The number of nitrogens with zero attached hydrogens (tertiary/aromatic N) is 5. The molecular formula is C15H18N6O. The van der Waals surface area contributed by atoms with Crippen molar-refractivity contribution < 1.29 is 4.79 Å². The molecule has 0 radical (unpaired) electrons. The minimum absolute atomic E-state index is 0.00319. The molecule has 0 aliphatic rings. The number of rotatable bonds is 5. The molecule has 0 aliphatic heterocycles. The molecule has 3 heterocycles. The fourth-order valence-corrected chi connectivity index (χ4v) is 2.41. The molecule has 1 amide bonds. The van der Waals surface area contributed by atoms with Crippen LogP contribution in [0.3, 0.4) is 0 Å². The maximum Gasteiger partial charge on any atom is 0.222 e. The highest BCUT2D eigenvalue weighted by Crippen LogP contribution is 2.05. The van der Waals surface area contributed by atoms with Crippen LogP contribution in [0.1, 0.15) is 23.5 Å². The Labute approximate surface area is 128 Å². The van der Waals surface area contributed by atoms with Crippen LogP contribution in [0.5, 0.6) is 0 Å². The molecular weight excluding hydrogens is 280 g/mol. The van der Waals surface area contributed by atoms with E-state index in [2.05, 4.69) is 20.4 Å². The third-order valence-electron chi connectivity index (χ3n) is 3.51. The molecule has 0 fully saturated rings. The molecule has 0 atom stereocenters. The molecule has 3 aromatic rings. The number of aromatic nitrogens is 5. The zero-order chi connectivity index (χ0) is 15.5. The molecule has 114 valence electrons. The molecule has 7 nitrogen and oxygen atoms in total. The van der Waals surface area contributed by atoms with Gasteiger partial charge in [-0.15, -0.1) is 0 Å². The van der Waals surface area contributed by atoms with E-state index in [1.807, 2.05) is 35.2 Å². The van der Waals surface area contributed by atoms with E-state index in [0.29, 0.717) is 19.5 Å². The summed E-state index contributed by atoms with van der Waals surface area (Å²) in [6.45, 7) is 4.97. The van der Waals surface area contributed by atoms with E-state index in [-0.39, 0.29) is 5.91 Å². The van der Waals surface area contributed by atoms with Gasteiger partial charge in [0, 0.05) is 31.1 Å². The Bertz CT molecular complexity index is 803. The second-order valence-corrected chi connectivity index (χ2v) is 5.23. The van der Waals surface area contributed by atoms with E-state index in [0.717, 1.165) is 22.7 Å². The summed E-state index contributed by atoms with van der Waals surface area (Å²) >= 11 is 0. The largest absolute Gasteiger partial charge is 0.350 e. The Balaban J connectivity index is 1.55. The lowest BCUT2D eigenvalue weighted by Gasteiger charge is -2.06. The van der Waals surface area contributed by atoms with Crippen molar-refractivity contribution in [1.29, 1.82) is 0 Å². The van der Waals surface area contributed by atoms with Crippen molar-refractivity contribution in [3.05, 3.63) is 47.9 Å². The highest BCUT2D eigenvalue weighted by Gasteiger charge is 2.07. The SMILES string of the molecule is Cc1cc(C)n(CCC(=O)NCc2cnc3cnccn23)n1. The molecule has 0 saturated heterocycles. The minimum atomic E-state index is -0.00319. The highest BCUT2D eigenvalue weighted by atomic mass is 16.1. The van der Waals surface area contributed by atoms with Gasteiger partial charge in [0.1, 0.15) is 0 Å². The molecule has 3 rings (SSSR count). The van der Waals surface area contributed by atoms with E-state index >= 15 is 0 Å². The van der Waals surface area contributed by atoms with Crippen molar-refractivity contribution in [2.45, 2.75) is 33.4 Å². The third kappa shape index (κ3) is 2.98. The summed E-state index contributed by atoms with van der Waals surface area (Å²) in [6, 6.07) is 2.00. The van der Waals surface area contributed by atoms with Gasteiger partial charge < -0.3 is 5.32 Å². The van der Waals surface area contributed by atoms with Crippen LogP contribution in [0.15, 0.2) is 30.9 Å². The first-order valence-electron chi connectivity index (χ1n) is 7.17. The van der Waals surface area contributed by atoms with Crippen molar-refractivity contribution in [2.24, 2.45) is 0 Å². The number of aryl methyl sites for hydroxylation is 3. The minimum Gasteiger partial charge on any atom is -0.350 e. The lowest BCUT2D eigenvalue weighted by molar-refractivity contribution is -0.121. The number of amides is 1. The second kappa shape index (κ2) is 5.97. The number of carbonyl (C=O) groups is 1. The molecule has 0 spiro atoms. The van der Waals surface area contributed by atoms with Gasteiger partial charge in [0.15, 0.2) is 5.65 Å². The Kier molecular flexibility index (Phi) is 3.86. The summed E-state index contributed by atoms with van der Waals surface area (Å²) in [5.41, 5.74) is 3.74. The number of imidazole rings is 1. The lowest BCUT2D eigenvalue weighted by atomic mass is 10.3. The van der Waals surface area contributed by atoms with Gasteiger partial charge in [-0.2, -0.15) is 5.10 Å². The summed E-state index contributed by atoms with van der Waals surface area (Å²) < 4.78 is 3.77. The van der Waals surface area contributed by atoms with Crippen molar-refractivity contribution in [3.8, 4) is 0 Å². The smallest absolute Gasteiger partial charge is 0.222 e. The fraction of sp³-hybridized carbons (Fsp3) is 0.333. The zero-order valence-electron chi connectivity index (χ0n) is 12.7. The maximum atomic E-state index is 12.0. The van der Waals surface area contributed by atoms with E-state index < -0.39 is 0 Å². The summed E-state index contributed by atoms with van der Waals surface area (Å²) in [4.78, 5) is 20.2. The van der Waals surface area contributed by atoms with Crippen LogP contribution >= 0.6 is 0 Å². The normalized spacial score (nSPS) is 11.0. The lowest BCUT2D eigenvalue weighted by Crippen LogP contribution is -2.24. The average Bonchev–Trinajstić information content (AvgIpc) is 3.06. The fourth-order valence-electron chi connectivity index (χ4n) is 2.41. The van der Waals surface area contributed by atoms with Gasteiger partial charge in [-0.3, -0.25) is 18.9 Å². The van der Waals surface area contributed by atoms with E-state index in [9.17, 15) is 4.79 Å². The third-order valence-corrected chi connectivity index (χ3v) is 3.51. The zero-order valence-corrected chi connectivity index (χ0v) is 12.7. The van der Waals surface area contributed by atoms with Crippen molar-refractivity contribution in [1.82, 2.24) is 29.5 Å². The van der Waals surface area contributed by atoms with Gasteiger partial charge in [0.05, 0.1) is 30.3 Å².